The molecule has 5 nitrogen and oxygen atoms in total. The average molecular weight is 382 g/mol. The van der Waals surface area contributed by atoms with E-state index in [-0.39, 0.29) is 29.1 Å². The fourth-order valence-electron chi connectivity index (χ4n) is 4.39. The second-order valence-corrected chi connectivity index (χ2v) is 7.41. The summed E-state index contributed by atoms with van der Waals surface area (Å²) in [6.07, 6.45) is 8.99. The van der Waals surface area contributed by atoms with Gasteiger partial charge in [-0.15, -0.1) is 0 Å². The second kappa shape index (κ2) is 9.09. The number of fused-ring (bicyclic) bond motifs is 1. The van der Waals surface area contributed by atoms with E-state index in [1.54, 1.807) is 22.9 Å². The number of nitrogens with zero attached hydrogens (tertiary/aromatic N) is 1. The van der Waals surface area contributed by atoms with E-state index >= 15 is 0 Å². The zero-order valence-electron chi connectivity index (χ0n) is 16.9. The minimum atomic E-state index is -0.248. The lowest BCUT2D eigenvalue weighted by Crippen LogP contribution is -2.40. The number of nitrogen functional groups attached to an aromatic ring is 1. The van der Waals surface area contributed by atoms with Crippen molar-refractivity contribution < 1.29 is 4.79 Å². The van der Waals surface area contributed by atoms with Gasteiger partial charge in [0.05, 0.1) is 6.04 Å². The van der Waals surface area contributed by atoms with E-state index in [1.165, 1.54) is 6.42 Å². The third-order valence-corrected chi connectivity index (χ3v) is 5.77. The molecule has 5 heteroatoms. The van der Waals surface area contributed by atoms with Gasteiger partial charge in [0.15, 0.2) is 0 Å². The lowest BCUT2D eigenvalue weighted by Gasteiger charge is -2.23. The molecule has 0 bridgehead atoms. The first-order chi connectivity index (χ1) is 13.6. The van der Waals surface area contributed by atoms with Gasteiger partial charge in [0, 0.05) is 17.9 Å². The van der Waals surface area contributed by atoms with Crippen LogP contribution in [-0.2, 0) is 6.42 Å². The quantitative estimate of drug-likeness (QED) is 0.787. The number of hydrogen-bond donors (Lipinski definition) is 2. The summed E-state index contributed by atoms with van der Waals surface area (Å²) in [7, 11) is 0. The van der Waals surface area contributed by atoms with Crippen LogP contribution in [0.4, 0.5) is 5.69 Å². The Morgan fingerprint density at radius 3 is 2.57 bits per heavy atom. The van der Waals surface area contributed by atoms with Crippen LogP contribution in [0.15, 0.2) is 41.3 Å². The monoisotopic (exact) mass is 381 g/mol. The summed E-state index contributed by atoms with van der Waals surface area (Å²) in [4.78, 5) is 25.7. The van der Waals surface area contributed by atoms with Crippen molar-refractivity contribution >= 4 is 11.6 Å². The molecule has 1 heterocycles. The van der Waals surface area contributed by atoms with Crippen molar-refractivity contribution in [3.63, 3.8) is 0 Å². The molecule has 2 aliphatic carbocycles. The zero-order valence-corrected chi connectivity index (χ0v) is 16.9. The Morgan fingerprint density at radius 1 is 1.07 bits per heavy atom. The van der Waals surface area contributed by atoms with Gasteiger partial charge in [-0.05, 0) is 55.0 Å². The first-order valence-corrected chi connectivity index (χ1v) is 10.5. The Morgan fingerprint density at radius 2 is 1.82 bits per heavy atom. The molecule has 0 aliphatic heterocycles. The van der Waals surface area contributed by atoms with Gasteiger partial charge in [0.25, 0.3) is 11.5 Å². The van der Waals surface area contributed by atoms with Crippen LogP contribution in [0.1, 0.15) is 79.9 Å². The van der Waals surface area contributed by atoms with Gasteiger partial charge in [-0.25, -0.2) is 0 Å². The minimum Gasteiger partial charge on any atom is -0.398 e. The molecule has 1 aromatic carbocycles. The fraction of sp³-hybridized carbons (Fsp3) is 0.478. The van der Waals surface area contributed by atoms with E-state index in [0.29, 0.717) is 0 Å². The summed E-state index contributed by atoms with van der Waals surface area (Å²) >= 11 is 0. The molecule has 4 rings (SSSR count). The van der Waals surface area contributed by atoms with E-state index in [2.05, 4.69) is 5.32 Å². The number of anilines is 1. The van der Waals surface area contributed by atoms with Crippen LogP contribution in [0, 0.1) is 0 Å². The standard InChI is InChI=1S/C21H25N3O2.C2H6/c22-18-10-4-8-16-15(18)11-12-19(16)24-13-5-9-17(21(24)26)20(25)23-14-6-2-1-3-7-14;1-2/h4-5,8-10,13-14,19H,1-3,6-7,11-12,22H2,(H,23,25);1-2H3. The second-order valence-electron chi connectivity index (χ2n) is 7.41. The fourth-order valence-corrected chi connectivity index (χ4v) is 4.39. The normalized spacial score (nSPS) is 18.7. The molecule has 1 saturated carbocycles. The number of amides is 1. The van der Waals surface area contributed by atoms with Crippen molar-refractivity contribution in [2.45, 2.75) is 70.9 Å². The Labute approximate surface area is 167 Å². The number of nitrogens with two attached hydrogens (primary N) is 1. The number of benzene rings is 1. The first kappa shape index (κ1) is 20.2. The highest BCUT2D eigenvalue weighted by atomic mass is 16.2. The molecular weight excluding hydrogens is 350 g/mol. The van der Waals surface area contributed by atoms with Crippen LogP contribution in [0.3, 0.4) is 0 Å². The third-order valence-electron chi connectivity index (χ3n) is 5.77. The van der Waals surface area contributed by atoms with E-state index in [9.17, 15) is 9.59 Å². The van der Waals surface area contributed by atoms with E-state index in [1.807, 2.05) is 32.0 Å². The SMILES string of the molecule is CC.Nc1cccc2c1CCC2n1cccc(C(=O)NC2CCCCC2)c1=O. The van der Waals surface area contributed by atoms with Crippen LogP contribution in [0.2, 0.25) is 0 Å². The molecule has 150 valence electrons. The molecule has 0 spiro atoms. The Kier molecular flexibility index (Phi) is 6.55. The first-order valence-electron chi connectivity index (χ1n) is 10.5. The molecule has 0 radical (unpaired) electrons. The average Bonchev–Trinajstić information content (AvgIpc) is 3.16. The van der Waals surface area contributed by atoms with Gasteiger partial charge in [0.1, 0.15) is 5.56 Å². The maximum Gasteiger partial charge on any atom is 0.263 e. The molecule has 28 heavy (non-hydrogen) atoms. The maximum atomic E-state index is 13.0. The molecule has 3 N–H and O–H groups in total. The molecular formula is C23H31N3O2. The molecule has 2 aromatic rings. The predicted molar refractivity (Wildman–Crippen MR) is 114 cm³/mol. The van der Waals surface area contributed by atoms with E-state index < -0.39 is 0 Å². The highest BCUT2D eigenvalue weighted by Crippen LogP contribution is 2.36. The maximum absolute atomic E-state index is 13.0. The lowest BCUT2D eigenvalue weighted by molar-refractivity contribution is 0.0925. The number of nitrogens with one attached hydrogen (secondary N) is 1. The van der Waals surface area contributed by atoms with E-state index in [0.717, 1.165) is 55.3 Å². The number of carbonyl (C=O) groups is 1. The largest absolute Gasteiger partial charge is 0.398 e. The van der Waals surface area contributed by atoms with E-state index in [4.69, 9.17) is 5.73 Å². The van der Waals surface area contributed by atoms with Gasteiger partial charge in [-0.3, -0.25) is 9.59 Å². The molecule has 1 aromatic heterocycles. The van der Waals surface area contributed by atoms with Gasteiger partial charge in [-0.2, -0.15) is 0 Å². The Bertz CT molecular complexity index is 882. The highest BCUT2D eigenvalue weighted by Gasteiger charge is 2.27. The van der Waals surface area contributed by atoms with Gasteiger partial charge < -0.3 is 15.6 Å². The summed E-state index contributed by atoms with van der Waals surface area (Å²) in [5, 5.41) is 3.05. The predicted octanol–water partition coefficient (Wildman–Crippen LogP) is 4.05. The minimum absolute atomic E-state index is 0.0524. The number of hydrogen-bond acceptors (Lipinski definition) is 3. The Balaban J connectivity index is 0.00000109. The van der Waals surface area contributed by atoms with Crippen molar-refractivity contribution in [3.8, 4) is 0 Å². The Hall–Kier alpha value is -2.56. The molecule has 1 atom stereocenters. The van der Waals surface area contributed by atoms with Gasteiger partial charge in [-0.1, -0.05) is 45.2 Å². The number of carbonyl (C=O) groups excluding carboxylic acids is 1. The summed E-state index contributed by atoms with van der Waals surface area (Å²) in [6, 6.07) is 9.42. The summed E-state index contributed by atoms with van der Waals surface area (Å²) in [5.74, 6) is -0.248. The number of pyridine rings is 1. The number of aromatic nitrogens is 1. The van der Waals surface area contributed by atoms with Crippen LogP contribution in [0.25, 0.3) is 0 Å². The van der Waals surface area contributed by atoms with Crippen LogP contribution < -0.4 is 16.6 Å². The van der Waals surface area contributed by atoms with Gasteiger partial charge in [0.2, 0.25) is 0 Å². The molecule has 1 unspecified atom stereocenters. The molecule has 1 fully saturated rings. The van der Waals surface area contributed by atoms with Crippen LogP contribution >= 0.6 is 0 Å². The summed E-state index contributed by atoms with van der Waals surface area (Å²) in [5.41, 5.74) is 9.09. The lowest BCUT2D eigenvalue weighted by atomic mass is 9.95. The topological polar surface area (TPSA) is 77.1 Å². The van der Waals surface area contributed by atoms with Crippen molar-refractivity contribution in [2.24, 2.45) is 0 Å². The zero-order chi connectivity index (χ0) is 20.1. The molecule has 1 amide bonds. The third kappa shape index (κ3) is 3.98. The van der Waals surface area contributed by atoms with Crippen molar-refractivity contribution in [2.75, 3.05) is 5.73 Å². The van der Waals surface area contributed by atoms with Crippen molar-refractivity contribution in [1.29, 1.82) is 0 Å². The summed E-state index contributed by atoms with van der Waals surface area (Å²) in [6.45, 7) is 4.00. The molecule has 2 aliphatic rings. The number of rotatable bonds is 3. The van der Waals surface area contributed by atoms with Gasteiger partial charge >= 0.3 is 0 Å². The van der Waals surface area contributed by atoms with Crippen molar-refractivity contribution in [3.05, 3.63) is 63.6 Å². The van der Waals surface area contributed by atoms with Crippen molar-refractivity contribution in [1.82, 2.24) is 9.88 Å². The summed E-state index contributed by atoms with van der Waals surface area (Å²) < 4.78 is 1.70. The van der Waals surface area contributed by atoms with Crippen LogP contribution in [0.5, 0.6) is 0 Å². The van der Waals surface area contributed by atoms with Crippen LogP contribution in [-0.4, -0.2) is 16.5 Å². The highest BCUT2D eigenvalue weighted by molar-refractivity contribution is 5.94. The molecule has 0 saturated heterocycles. The smallest absolute Gasteiger partial charge is 0.263 e.